The lowest BCUT2D eigenvalue weighted by molar-refractivity contribution is 0.0845. The van der Waals surface area contributed by atoms with Gasteiger partial charge in [0, 0.05) is 12.1 Å². The minimum Gasteiger partial charge on any atom is -0.489 e. The molecule has 0 saturated carbocycles. The quantitative estimate of drug-likeness (QED) is 0.568. The first kappa shape index (κ1) is 20.7. The van der Waals surface area contributed by atoms with E-state index in [1.165, 1.54) is 6.07 Å². The number of anilines is 1. The average Bonchev–Trinajstić information content (AvgIpc) is 2.74. The topological polar surface area (TPSA) is 55.4 Å². The molecule has 1 aliphatic rings. The van der Waals surface area contributed by atoms with Crippen LogP contribution in [0.15, 0.2) is 54.6 Å². The van der Waals surface area contributed by atoms with E-state index in [2.05, 4.69) is 5.32 Å². The minimum absolute atomic E-state index is 0.0844. The van der Waals surface area contributed by atoms with Crippen LogP contribution >= 0.6 is 0 Å². The molecule has 3 aromatic rings. The van der Waals surface area contributed by atoms with E-state index < -0.39 is 23.1 Å². The first-order valence-corrected chi connectivity index (χ1v) is 10.1. The number of ether oxygens (including phenoxy) is 1. The van der Waals surface area contributed by atoms with Gasteiger partial charge < -0.3 is 10.1 Å². The predicted octanol–water partition coefficient (Wildman–Crippen LogP) is 5.94. The largest absolute Gasteiger partial charge is 0.489 e. The molecule has 4 rings (SSSR count). The molecule has 1 aliphatic heterocycles. The van der Waals surface area contributed by atoms with Crippen LogP contribution in [0.3, 0.4) is 0 Å². The van der Waals surface area contributed by atoms with Gasteiger partial charge in [-0.1, -0.05) is 25.1 Å². The summed E-state index contributed by atoms with van der Waals surface area (Å²) in [5, 5.41) is 2.51. The monoisotopic (exact) mass is 421 g/mol. The maximum Gasteiger partial charge on any atom is 0.261 e. The summed E-state index contributed by atoms with van der Waals surface area (Å²) in [4.78, 5) is 24.7. The van der Waals surface area contributed by atoms with Crippen molar-refractivity contribution in [3.63, 3.8) is 0 Å². The van der Waals surface area contributed by atoms with Gasteiger partial charge in [0.25, 0.3) is 5.91 Å². The van der Waals surface area contributed by atoms with Crippen molar-refractivity contribution in [2.24, 2.45) is 0 Å². The summed E-state index contributed by atoms with van der Waals surface area (Å²) < 4.78 is 33.6. The number of ketones is 1. The van der Waals surface area contributed by atoms with E-state index in [-0.39, 0.29) is 11.9 Å². The molecule has 0 aliphatic carbocycles. The molecule has 31 heavy (non-hydrogen) atoms. The molecule has 0 spiro atoms. The molecule has 6 heteroatoms. The number of benzene rings is 3. The number of aryl methyl sites for hydroxylation is 1. The van der Waals surface area contributed by atoms with Crippen LogP contribution in [-0.2, 0) is 0 Å². The Bertz CT molecular complexity index is 1150. The van der Waals surface area contributed by atoms with Gasteiger partial charge in [0.2, 0.25) is 0 Å². The van der Waals surface area contributed by atoms with Gasteiger partial charge in [-0.05, 0) is 66.4 Å². The molecule has 1 unspecified atom stereocenters. The van der Waals surface area contributed by atoms with Crippen LogP contribution < -0.4 is 10.1 Å². The predicted molar refractivity (Wildman–Crippen MR) is 115 cm³/mol. The van der Waals surface area contributed by atoms with Crippen molar-refractivity contribution >= 4 is 17.4 Å². The van der Waals surface area contributed by atoms with Gasteiger partial charge in [-0.15, -0.1) is 0 Å². The van der Waals surface area contributed by atoms with Crippen LogP contribution in [0.2, 0.25) is 0 Å². The lowest BCUT2D eigenvalue weighted by atomic mass is 9.92. The van der Waals surface area contributed by atoms with Gasteiger partial charge in [0.05, 0.1) is 5.56 Å². The van der Waals surface area contributed by atoms with Crippen molar-refractivity contribution in [3.05, 3.63) is 82.9 Å². The summed E-state index contributed by atoms with van der Waals surface area (Å²) in [7, 11) is 0. The molecule has 158 valence electrons. The SMILES string of the molecule is CCC1CC(=O)c2cc(C)c(-c3ccc(NC(=O)c4c(F)cccc4F)cc3)cc2O1. The highest BCUT2D eigenvalue weighted by atomic mass is 19.1. The number of fused-ring (bicyclic) bond motifs is 1. The van der Waals surface area contributed by atoms with Crippen molar-refractivity contribution in [1.29, 1.82) is 0 Å². The van der Waals surface area contributed by atoms with Crippen LogP contribution in [0.25, 0.3) is 11.1 Å². The summed E-state index contributed by atoms with van der Waals surface area (Å²) in [6.07, 6.45) is 1.02. The Morgan fingerprint density at radius 2 is 1.74 bits per heavy atom. The molecule has 0 saturated heterocycles. The number of nitrogens with one attached hydrogen (secondary N) is 1. The highest BCUT2D eigenvalue weighted by Crippen LogP contribution is 2.36. The van der Waals surface area contributed by atoms with Crippen LogP contribution in [0.5, 0.6) is 5.75 Å². The highest BCUT2D eigenvalue weighted by molar-refractivity contribution is 6.05. The van der Waals surface area contributed by atoms with E-state index in [1.54, 1.807) is 24.3 Å². The third kappa shape index (κ3) is 4.06. The third-order valence-electron chi connectivity index (χ3n) is 5.43. The van der Waals surface area contributed by atoms with Crippen LogP contribution in [-0.4, -0.2) is 17.8 Å². The van der Waals surface area contributed by atoms with E-state index >= 15 is 0 Å². The van der Waals surface area contributed by atoms with E-state index in [1.807, 2.05) is 26.0 Å². The van der Waals surface area contributed by atoms with E-state index in [0.29, 0.717) is 23.4 Å². The number of rotatable bonds is 4. The van der Waals surface area contributed by atoms with E-state index in [0.717, 1.165) is 35.2 Å². The van der Waals surface area contributed by atoms with Gasteiger partial charge in [-0.25, -0.2) is 8.78 Å². The molecule has 3 aromatic carbocycles. The zero-order valence-electron chi connectivity index (χ0n) is 17.2. The summed E-state index contributed by atoms with van der Waals surface area (Å²) >= 11 is 0. The first-order valence-electron chi connectivity index (χ1n) is 10.1. The zero-order chi connectivity index (χ0) is 22.1. The Kier molecular flexibility index (Phi) is 5.55. The smallest absolute Gasteiger partial charge is 0.261 e. The van der Waals surface area contributed by atoms with Crippen LogP contribution in [0, 0.1) is 18.6 Å². The van der Waals surface area contributed by atoms with Gasteiger partial charge >= 0.3 is 0 Å². The van der Waals surface area contributed by atoms with Gasteiger partial charge in [-0.3, -0.25) is 9.59 Å². The fraction of sp³-hybridized carbons (Fsp3) is 0.200. The summed E-state index contributed by atoms with van der Waals surface area (Å²) in [5.41, 5.74) is 3.08. The molecule has 0 aromatic heterocycles. The van der Waals surface area contributed by atoms with E-state index in [9.17, 15) is 18.4 Å². The Labute approximate surface area is 178 Å². The lowest BCUT2D eigenvalue weighted by Crippen LogP contribution is -2.26. The van der Waals surface area contributed by atoms with Gasteiger partial charge in [0.15, 0.2) is 5.78 Å². The lowest BCUT2D eigenvalue weighted by Gasteiger charge is -2.25. The maximum atomic E-state index is 13.8. The maximum absolute atomic E-state index is 13.8. The second kappa shape index (κ2) is 8.30. The minimum atomic E-state index is -0.918. The number of carbonyl (C=O) groups is 2. The third-order valence-corrected chi connectivity index (χ3v) is 5.43. The highest BCUT2D eigenvalue weighted by Gasteiger charge is 2.26. The molecule has 1 amide bonds. The molecule has 1 N–H and O–H groups in total. The second-order valence-corrected chi connectivity index (χ2v) is 7.57. The number of Topliss-reactive ketones (excluding diaryl/α,β-unsaturated/α-hetero) is 1. The van der Waals surface area contributed by atoms with Crippen LogP contribution in [0.4, 0.5) is 14.5 Å². The number of amides is 1. The molecule has 0 radical (unpaired) electrons. The second-order valence-electron chi connectivity index (χ2n) is 7.57. The summed E-state index contributed by atoms with van der Waals surface area (Å²) in [6, 6.07) is 13.9. The molecular weight excluding hydrogens is 400 g/mol. The average molecular weight is 421 g/mol. The van der Waals surface area contributed by atoms with Crippen molar-refractivity contribution in [2.45, 2.75) is 32.8 Å². The molecular formula is C25H21F2NO3. The first-order chi connectivity index (χ1) is 14.9. The summed E-state index contributed by atoms with van der Waals surface area (Å²) in [6.45, 7) is 3.91. The molecule has 1 atom stereocenters. The standard InChI is InChI=1S/C25H21F2NO3/c1-3-17-12-22(29)19-11-14(2)18(13-23(19)31-17)15-7-9-16(10-8-15)28-25(30)24-20(26)5-4-6-21(24)27/h4-11,13,17H,3,12H2,1-2H3,(H,28,30). The van der Waals surface area contributed by atoms with Crippen molar-refractivity contribution in [3.8, 4) is 16.9 Å². The fourth-order valence-electron chi connectivity index (χ4n) is 3.72. The number of halogens is 2. The fourth-order valence-corrected chi connectivity index (χ4v) is 3.72. The summed E-state index contributed by atoms with van der Waals surface area (Å²) in [5.74, 6) is -2.03. The molecule has 0 fully saturated rings. The Morgan fingerprint density at radius 3 is 2.39 bits per heavy atom. The van der Waals surface area contributed by atoms with Crippen LogP contribution in [0.1, 0.15) is 46.0 Å². The Morgan fingerprint density at radius 1 is 1.06 bits per heavy atom. The van der Waals surface area contributed by atoms with Crippen molar-refractivity contribution in [2.75, 3.05) is 5.32 Å². The van der Waals surface area contributed by atoms with Gasteiger partial charge in [0.1, 0.15) is 29.1 Å². The molecule has 4 nitrogen and oxygen atoms in total. The van der Waals surface area contributed by atoms with E-state index in [4.69, 9.17) is 4.74 Å². The number of hydrogen-bond acceptors (Lipinski definition) is 3. The zero-order valence-corrected chi connectivity index (χ0v) is 17.2. The molecule has 0 bridgehead atoms. The molecule has 1 heterocycles. The Balaban J connectivity index is 1.59. The van der Waals surface area contributed by atoms with Crippen molar-refractivity contribution < 1.29 is 23.1 Å². The Hall–Kier alpha value is -3.54. The normalized spacial score (nSPS) is 15.2. The van der Waals surface area contributed by atoms with Gasteiger partial charge in [-0.2, -0.15) is 0 Å². The number of hydrogen-bond donors (Lipinski definition) is 1. The van der Waals surface area contributed by atoms with Crippen molar-refractivity contribution in [1.82, 2.24) is 0 Å². The number of carbonyl (C=O) groups excluding carboxylic acids is 2.